The van der Waals surface area contributed by atoms with Crippen molar-refractivity contribution in [3.8, 4) is 0 Å². The lowest BCUT2D eigenvalue weighted by Gasteiger charge is -2.32. The molecule has 0 aromatic carbocycles. The van der Waals surface area contributed by atoms with E-state index in [4.69, 9.17) is 15.0 Å². The summed E-state index contributed by atoms with van der Waals surface area (Å²) in [6.45, 7) is 8.12. The van der Waals surface area contributed by atoms with Gasteiger partial charge >= 0.3 is 7.12 Å². The van der Waals surface area contributed by atoms with E-state index in [1.165, 1.54) is 0 Å². The lowest BCUT2D eigenvalue weighted by Crippen LogP contribution is -2.41. The standard InChI is InChI=1S/C11H20BN3O2/c1-10(2)11(3,4)17-12(16-10)8-6-14-9(13)15(5)7-8/h6-7,9H,13H2,1-5H3. The number of allylic oxidation sites excluding steroid dienone is 1. The molecule has 1 atom stereocenters. The van der Waals surface area contributed by atoms with E-state index in [2.05, 4.69) is 4.99 Å². The van der Waals surface area contributed by atoms with E-state index >= 15 is 0 Å². The van der Waals surface area contributed by atoms with Crippen LogP contribution in [0.25, 0.3) is 0 Å². The third kappa shape index (κ3) is 2.12. The lowest BCUT2D eigenvalue weighted by molar-refractivity contribution is 0.00578. The Kier molecular flexibility index (Phi) is 2.84. The molecule has 2 aliphatic rings. The van der Waals surface area contributed by atoms with Gasteiger partial charge in [0.1, 0.15) is 0 Å². The van der Waals surface area contributed by atoms with E-state index in [-0.39, 0.29) is 24.6 Å². The Bertz CT molecular complexity index is 363. The molecule has 17 heavy (non-hydrogen) atoms. The minimum atomic E-state index is -0.376. The monoisotopic (exact) mass is 237 g/mol. The van der Waals surface area contributed by atoms with E-state index in [9.17, 15) is 0 Å². The molecule has 0 amide bonds. The molecule has 2 heterocycles. The Labute approximate surface area is 103 Å². The Morgan fingerprint density at radius 1 is 1.29 bits per heavy atom. The summed E-state index contributed by atoms with van der Waals surface area (Å²) in [5.41, 5.74) is 5.99. The summed E-state index contributed by atoms with van der Waals surface area (Å²) >= 11 is 0. The summed E-state index contributed by atoms with van der Waals surface area (Å²) in [7, 11) is 1.51. The molecule has 0 radical (unpaired) electrons. The molecule has 1 unspecified atom stereocenters. The second kappa shape index (κ2) is 3.83. The van der Waals surface area contributed by atoms with Crippen molar-refractivity contribution in [2.24, 2.45) is 10.7 Å². The maximum Gasteiger partial charge on any atom is 0.497 e. The predicted molar refractivity (Wildman–Crippen MR) is 68.4 cm³/mol. The predicted octanol–water partition coefficient (Wildman–Crippen LogP) is 0.760. The molecular formula is C11H20BN3O2. The molecule has 0 bridgehead atoms. The van der Waals surface area contributed by atoms with Crippen molar-refractivity contribution in [1.82, 2.24) is 4.90 Å². The van der Waals surface area contributed by atoms with Crippen LogP contribution in [-0.2, 0) is 9.31 Å². The molecule has 1 saturated heterocycles. The van der Waals surface area contributed by atoms with Gasteiger partial charge in [-0.3, -0.25) is 10.7 Å². The fourth-order valence-corrected chi connectivity index (χ4v) is 1.71. The van der Waals surface area contributed by atoms with Crippen molar-refractivity contribution >= 4 is 13.3 Å². The van der Waals surface area contributed by atoms with Gasteiger partial charge in [0.05, 0.1) is 11.2 Å². The van der Waals surface area contributed by atoms with Gasteiger partial charge < -0.3 is 14.2 Å². The summed E-state index contributed by atoms with van der Waals surface area (Å²) in [5, 5.41) is 0. The second-order valence-electron chi connectivity index (χ2n) is 5.57. The Hall–Kier alpha value is -0.845. The van der Waals surface area contributed by atoms with Crippen LogP contribution >= 0.6 is 0 Å². The molecule has 1 fully saturated rings. The van der Waals surface area contributed by atoms with Crippen molar-refractivity contribution in [3.05, 3.63) is 11.7 Å². The topological polar surface area (TPSA) is 60.1 Å². The van der Waals surface area contributed by atoms with Gasteiger partial charge in [-0.2, -0.15) is 0 Å². The summed E-state index contributed by atoms with van der Waals surface area (Å²) in [5.74, 6) is 0. The molecule has 2 rings (SSSR count). The van der Waals surface area contributed by atoms with E-state index in [0.717, 1.165) is 5.47 Å². The van der Waals surface area contributed by atoms with Gasteiger partial charge in [-0.15, -0.1) is 0 Å². The van der Waals surface area contributed by atoms with Crippen molar-refractivity contribution in [2.75, 3.05) is 7.05 Å². The molecule has 5 nitrogen and oxygen atoms in total. The number of hydrogen-bond acceptors (Lipinski definition) is 5. The van der Waals surface area contributed by atoms with Crippen molar-refractivity contribution in [3.63, 3.8) is 0 Å². The first kappa shape index (κ1) is 12.6. The summed E-state index contributed by atoms with van der Waals surface area (Å²) < 4.78 is 11.9. The van der Waals surface area contributed by atoms with Crippen molar-refractivity contribution < 1.29 is 9.31 Å². The highest BCUT2D eigenvalue weighted by Crippen LogP contribution is 2.38. The van der Waals surface area contributed by atoms with Crippen LogP contribution in [-0.4, -0.2) is 42.8 Å². The van der Waals surface area contributed by atoms with Crippen LogP contribution in [0.3, 0.4) is 0 Å². The third-order valence-corrected chi connectivity index (χ3v) is 3.67. The Balaban J connectivity index is 2.17. The van der Waals surface area contributed by atoms with E-state index in [0.29, 0.717) is 0 Å². The van der Waals surface area contributed by atoms with Crippen LogP contribution < -0.4 is 5.73 Å². The smallest absolute Gasteiger partial charge is 0.399 e. The fourth-order valence-electron chi connectivity index (χ4n) is 1.71. The zero-order valence-electron chi connectivity index (χ0n) is 11.1. The van der Waals surface area contributed by atoms with Crippen LogP contribution in [0.5, 0.6) is 0 Å². The number of nitrogens with zero attached hydrogens (tertiary/aromatic N) is 2. The third-order valence-electron chi connectivity index (χ3n) is 3.67. The average Bonchev–Trinajstić information content (AvgIpc) is 2.41. The molecule has 2 aliphatic heterocycles. The first-order chi connectivity index (χ1) is 7.73. The number of aliphatic imine (C=N–C) groups is 1. The quantitative estimate of drug-likeness (QED) is 0.684. The van der Waals surface area contributed by atoms with Gasteiger partial charge in [0.25, 0.3) is 0 Å². The van der Waals surface area contributed by atoms with Crippen LogP contribution in [0.15, 0.2) is 16.7 Å². The molecule has 0 aliphatic carbocycles. The first-order valence-corrected chi connectivity index (χ1v) is 5.81. The molecule has 0 aromatic rings. The molecular weight excluding hydrogens is 217 g/mol. The number of nitrogens with two attached hydrogens (primary N) is 1. The highest BCUT2D eigenvalue weighted by atomic mass is 16.7. The van der Waals surface area contributed by atoms with Crippen LogP contribution in [0.4, 0.5) is 0 Å². The Morgan fingerprint density at radius 3 is 2.29 bits per heavy atom. The molecule has 94 valence electrons. The largest absolute Gasteiger partial charge is 0.497 e. The molecule has 0 saturated carbocycles. The fraction of sp³-hybridized carbons (Fsp3) is 0.727. The second-order valence-corrected chi connectivity index (χ2v) is 5.57. The van der Waals surface area contributed by atoms with E-state index in [1.807, 2.05) is 45.8 Å². The van der Waals surface area contributed by atoms with Gasteiger partial charge in [-0.25, -0.2) is 0 Å². The minimum absolute atomic E-state index is 0.318. The zero-order valence-corrected chi connectivity index (χ0v) is 11.1. The highest BCUT2D eigenvalue weighted by Gasteiger charge is 2.52. The summed E-state index contributed by atoms with van der Waals surface area (Å²) in [6.07, 6.45) is 3.33. The van der Waals surface area contributed by atoms with Crippen molar-refractivity contribution in [1.29, 1.82) is 0 Å². The highest BCUT2D eigenvalue weighted by molar-refractivity contribution is 6.60. The van der Waals surface area contributed by atoms with Crippen LogP contribution in [0.2, 0.25) is 0 Å². The van der Waals surface area contributed by atoms with E-state index < -0.39 is 0 Å². The van der Waals surface area contributed by atoms with E-state index in [1.54, 1.807) is 6.21 Å². The van der Waals surface area contributed by atoms with Gasteiger partial charge in [-0.05, 0) is 27.7 Å². The number of hydrogen-bond donors (Lipinski definition) is 1. The molecule has 6 heteroatoms. The zero-order chi connectivity index (χ0) is 12.8. The van der Waals surface area contributed by atoms with Gasteiger partial charge in [-0.1, -0.05) is 0 Å². The Morgan fingerprint density at radius 2 is 1.82 bits per heavy atom. The SMILES string of the molecule is CN1C=C(B2OC(C)(C)C(C)(C)O2)C=NC1N. The minimum Gasteiger partial charge on any atom is -0.399 e. The number of rotatable bonds is 1. The normalized spacial score (nSPS) is 30.7. The molecule has 0 spiro atoms. The van der Waals surface area contributed by atoms with Gasteiger partial charge in [0.2, 0.25) is 0 Å². The molecule has 2 N–H and O–H groups in total. The van der Waals surface area contributed by atoms with Crippen molar-refractivity contribution in [2.45, 2.75) is 45.2 Å². The summed E-state index contributed by atoms with van der Waals surface area (Å²) in [6, 6.07) is 0. The molecule has 0 aromatic heterocycles. The van der Waals surface area contributed by atoms with Gasteiger partial charge in [0, 0.05) is 24.9 Å². The van der Waals surface area contributed by atoms with Crippen LogP contribution in [0, 0.1) is 0 Å². The summed E-state index contributed by atoms with van der Waals surface area (Å²) in [4.78, 5) is 6.02. The lowest BCUT2D eigenvalue weighted by atomic mass is 9.79. The van der Waals surface area contributed by atoms with Gasteiger partial charge in [0.15, 0.2) is 6.29 Å². The average molecular weight is 237 g/mol. The maximum absolute atomic E-state index is 5.94. The first-order valence-electron chi connectivity index (χ1n) is 5.81. The van der Waals surface area contributed by atoms with Crippen LogP contribution in [0.1, 0.15) is 27.7 Å². The maximum atomic E-state index is 5.94.